The zero-order valence-electron chi connectivity index (χ0n) is 16.2. The van der Waals surface area contributed by atoms with Crippen LogP contribution in [0.1, 0.15) is 31.8 Å². The maximum absolute atomic E-state index is 12.4. The molecule has 0 aromatic heterocycles. The molecule has 0 atom stereocenters. The molecule has 29 heavy (non-hydrogen) atoms. The number of nitrogens with zero attached hydrogens (tertiary/aromatic N) is 1. The van der Waals surface area contributed by atoms with Crippen LogP contribution in [0, 0.1) is 6.92 Å². The Kier molecular flexibility index (Phi) is 6.81. The molecule has 0 bridgehead atoms. The summed E-state index contributed by atoms with van der Waals surface area (Å²) in [6.07, 6.45) is 3.61. The number of carbonyl (C=O) groups is 2. The van der Waals surface area contributed by atoms with E-state index in [1.54, 1.807) is 48.3 Å². The van der Waals surface area contributed by atoms with Crippen LogP contribution in [-0.2, 0) is 0 Å². The third-order valence-electron chi connectivity index (χ3n) is 4.29. The first-order chi connectivity index (χ1) is 14.1. The summed E-state index contributed by atoms with van der Waals surface area (Å²) in [4.78, 5) is 25.7. The van der Waals surface area contributed by atoms with Crippen molar-refractivity contribution in [1.29, 1.82) is 0 Å². The van der Waals surface area contributed by atoms with Crippen LogP contribution in [-0.4, -0.2) is 24.3 Å². The molecule has 0 aliphatic rings. The van der Waals surface area contributed by atoms with Gasteiger partial charge in [-0.2, -0.15) is 5.10 Å². The number of thioether (sulfide) groups is 1. The number of aryl methyl sites for hydroxylation is 1. The fourth-order valence-corrected chi connectivity index (χ4v) is 3.06. The van der Waals surface area contributed by atoms with E-state index in [0.717, 1.165) is 11.1 Å². The third kappa shape index (κ3) is 5.56. The minimum atomic E-state index is -0.321. The van der Waals surface area contributed by atoms with Gasteiger partial charge < -0.3 is 5.32 Å². The highest BCUT2D eigenvalue weighted by Crippen LogP contribution is 2.15. The minimum Gasteiger partial charge on any atom is -0.322 e. The summed E-state index contributed by atoms with van der Waals surface area (Å²) in [5, 5.41) is 6.83. The Labute approximate surface area is 174 Å². The molecule has 146 valence electrons. The van der Waals surface area contributed by atoms with Crippen LogP contribution in [0.2, 0.25) is 0 Å². The van der Waals surface area contributed by atoms with Crippen LogP contribution < -0.4 is 10.7 Å². The van der Waals surface area contributed by atoms with E-state index >= 15 is 0 Å². The molecule has 3 aromatic rings. The lowest BCUT2D eigenvalue weighted by molar-refractivity contribution is 0.0954. The largest absolute Gasteiger partial charge is 0.322 e. The van der Waals surface area contributed by atoms with Crippen molar-refractivity contribution in [2.24, 2.45) is 5.10 Å². The van der Waals surface area contributed by atoms with E-state index in [1.807, 2.05) is 55.6 Å². The smallest absolute Gasteiger partial charge is 0.271 e. The normalized spacial score (nSPS) is 10.7. The summed E-state index contributed by atoms with van der Waals surface area (Å²) in [6.45, 7) is 1.89. The van der Waals surface area contributed by atoms with Crippen LogP contribution in [0.25, 0.3) is 0 Å². The molecular formula is C23H21N3O2S. The molecule has 0 saturated heterocycles. The van der Waals surface area contributed by atoms with Gasteiger partial charge in [-0.05, 0) is 66.8 Å². The van der Waals surface area contributed by atoms with E-state index in [2.05, 4.69) is 15.8 Å². The van der Waals surface area contributed by atoms with Crippen molar-refractivity contribution in [3.63, 3.8) is 0 Å². The summed E-state index contributed by atoms with van der Waals surface area (Å²) in [5.41, 5.74) is 6.00. The lowest BCUT2D eigenvalue weighted by Crippen LogP contribution is -2.18. The molecule has 0 unspecified atom stereocenters. The zero-order chi connectivity index (χ0) is 20.6. The summed E-state index contributed by atoms with van der Waals surface area (Å²) >= 11 is 1.67. The number of rotatable bonds is 6. The number of benzene rings is 3. The molecular weight excluding hydrogens is 382 g/mol. The van der Waals surface area contributed by atoms with Crippen LogP contribution in [0.5, 0.6) is 0 Å². The summed E-state index contributed by atoms with van der Waals surface area (Å²) < 4.78 is 0. The zero-order valence-corrected chi connectivity index (χ0v) is 17.0. The third-order valence-corrected chi connectivity index (χ3v) is 5.03. The molecule has 2 N–H and O–H groups in total. The Morgan fingerprint density at radius 1 is 0.897 bits per heavy atom. The van der Waals surface area contributed by atoms with Gasteiger partial charge in [0.05, 0.1) is 6.21 Å². The summed E-state index contributed by atoms with van der Waals surface area (Å²) in [7, 11) is 0. The minimum absolute atomic E-state index is 0.183. The standard InChI is InChI=1S/C23H21N3O2S/c1-16-5-3-4-6-21(16)23(28)25-19-11-9-18(10-12-19)22(27)26-24-15-17-7-13-20(29-2)14-8-17/h3-15H,1-2H3,(H,25,28)(H,26,27)/b24-15+. The molecule has 0 aliphatic carbocycles. The van der Waals surface area contributed by atoms with Crippen molar-refractivity contribution in [3.8, 4) is 0 Å². The predicted molar refractivity (Wildman–Crippen MR) is 119 cm³/mol. The Morgan fingerprint density at radius 3 is 2.24 bits per heavy atom. The monoisotopic (exact) mass is 403 g/mol. The van der Waals surface area contributed by atoms with Gasteiger partial charge in [0.15, 0.2) is 0 Å². The fraction of sp³-hybridized carbons (Fsp3) is 0.0870. The molecule has 0 spiro atoms. The van der Waals surface area contributed by atoms with E-state index in [-0.39, 0.29) is 11.8 Å². The van der Waals surface area contributed by atoms with E-state index in [1.165, 1.54) is 4.90 Å². The maximum atomic E-state index is 12.4. The lowest BCUT2D eigenvalue weighted by Gasteiger charge is -2.08. The number of hydrogen-bond acceptors (Lipinski definition) is 4. The van der Waals surface area contributed by atoms with Gasteiger partial charge in [-0.15, -0.1) is 11.8 Å². The average Bonchev–Trinajstić information content (AvgIpc) is 2.75. The second-order valence-electron chi connectivity index (χ2n) is 6.32. The van der Waals surface area contributed by atoms with E-state index in [9.17, 15) is 9.59 Å². The van der Waals surface area contributed by atoms with E-state index in [0.29, 0.717) is 16.8 Å². The van der Waals surface area contributed by atoms with Crippen molar-refractivity contribution >= 4 is 35.5 Å². The number of nitrogens with one attached hydrogen (secondary N) is 2. The second-order valence-corrected chi connectivity index (χ2v) is 7.20. The van der Waals surface area contributed by atoms with Crippen molar-refractivity contribution in [2.45, 2.75) is 11.8 Å². The Hall–Kier alpha value is -3.38. The summed E-state index contributed by atoms with van der Waals surface area (Å²) in [6, 6.07) is 21.9. The van der Waals surface area contributed by atoms with Gasteiger partial charge in [0.2, 0.25) is 0 Å². The van der Waals surface area contributed by atoms with Gasteiger partial charge in [0.1, 0.15) is 0 Å². The maximum Gasteiger partial charge on any atom is 0.271 e. The Balaban J connectivity index is 1.57. The van der Waals surface area contributed by atoms with Crippen LogP contribution in [0.15, 0.2) is 82.8 Å². The van der Waals surface area contributed by atoms with Crippen LogP contribution in [0.3, 0.4) is 0 Å². The number of hydrazone groups is 1. The Morgan fingerprint density at radius 2 is 1.59 bits per heavy atom. The van der Waals surface area contributed by atoms with Crippen molar-refractivity contribution in [3.05, 3.63) is 95.1 Å². The predicted octanol–water partition coefficient (Wildman–Crippen LogP) is 4.73. The van der Waals surface area contributed by atoms with Gasteiger partial charge >= 0.3 is 0 Å². The highest BCUT2D eigenvalue weighted by atomic mass is 32.2. The highest BCUT2D eigenvalue weighted by Gasteiger charge is 2.09. The summed E-state index contributed by atoms with van der Waals surface area (Å²) in [5.74, 6) is -0.504. The SMILES string of the molecule is CSc1ccc(/C=N/NC(=O)c2ccc(NC(=O)c3ccccc3C)cc2)cc1. The molecule has 0 saturated carbocycles. The quantitative estimate of drug-likeness (QED) is 0.355. The number of carbonyl (C=O) groups excluding carboxylic acids is 2. The van der Waals surface area contributed by atoms with Crippen LogP contribution >= 0.6 is 11.8 Å². The van der Waals surface area contributed by atoms with Gasteiger partial charge in [0.25, 0.3) is 11.8 Å². The van der Waals surface area contributed by atoms with Gasteiger partial charge in [0, 0.05) is 21.7 Å². The molecule has 3 rings (SSSR count). The van der Waals surface area contributed by atoms with E-state index in [4.69, 9.17) is 0 Å². The van der Waals surface area contributed by atoms with Crippen LogP contribution in [0.4, 0.5) is 5.69 Å². The first kappa shape index (κ1) is 20.4. The highest BCUT2D eigenvalue weighted by molar-refractivity contribution is 7.98. The number of amides is 2. The molecule has 0 radical (unpaired) electrons. The number of hydrogen-bond donors (Lipinski definition) is 2. The molecule has 5 nitrogen and oxygen atoms in total. The van der Waals surface area contributed by atoms with Gasteiger partial charge in [-0.3, -0.25) is 9.59 Å². The van der Waals surface area contributed by atoms with E-state index < -0.39 is 0 Å². The first-order valence-electron chi connectivity index (χ1n) is 9.01. The van der Waals surface area contributed by atoms with Crippen molar-refractivity contribution in [2.75, 3.05) is 11.6 Å². The second kappa shape index (κ2) is 9.71. The molecule has 3 aromatic carbocycles. The molecule has 0 aliphatic heterocycles. The molecule has 0 heterocycles. The number of anilines is 1. The molecule has 2 amide bonds. The Bertz CT molecular complexity index is 1030. The lowest BCUT2D eigenvalue weighted by atomic mass is 10.1. The van der Waals surface area contributed by atoms with Crippen molar-refractivity contribution < 1.29 is 9.59 Å². The molecule has 6 heteroatoms. The topological polar surface area (TPSA) is 70.6 Å². The van der Waals surface area contributed by atoms with Gasteiger partial charge in [-0.1, -0.05) is 30.3 Å². The first-order valence-corrected chi connectivity index (χ1v) is 10.2. The van der Waals surface area contributed by atoms with Crippen molar-refractivity contribution in [1.82, 2.24) is 5.43 Å². The fourth-order valence-electron chi connectivity index (χ4n) is 2.65. The average molecular weight is 404 g/mol. The van der Waals surface area contributed by atoms with Gasteiger partial charge in [-0.25, -0.2) is 5.43 Å². The molecule has 0 fully saturated rings.